The smallest absolute Gasteiger partial charge is 0.123 e. The Bertz CT molecular complexity index is 531. The molecule has 0 unspecified atom stereocenters. The second kappa shape index (κ2) is 8.39. The van der Waals surface area contributed by atoms with Crippen LogP contribution in [0.5, 0.6) is 5.75 Å². The molecule has 0 atom stereocenters. The van der Waals surface area contributed by atoms with Gasteiger partial charge in [-0.2, -0.15) is 0 Å². The van der Waals surface area contributed by atoms with Crippen LogP contribution in [0.2, 0.25) is 0 Å². The molecule has 112 valence electrons. The third-order valence-electron chi connectivity index (χ3n) is 3.29. The quantitative estimate of drug-likeness (QED) is 0.757. The summed E-state index contributed by atoms with van der Waals surface area (Å²) in [7, 11) is 2.10. The largest absolute Gasteiger partial charge is 0.493 e. The molecule has 1 aromatic heterocycles. The molecule has 0 saturated heterocycles. The molecule has 0 radical (unpaired) electrons. The molecule has 0 spiro atoms. The summed E-state index contributed by atoms with van der Waals surface area (Å²) < 4.78 is 5.81. The second-order valence-corrected chi connectivity index (χ2v) is 5.07. The fraction of sp³-hybridized carbons (Fsp3) is 0.353. The zero-order valence-corrected chi connectivity index (χ0v) is 12.5. The highest BCUT2D eigenvalue weighted by Crippen LogP contribution is 2.17. The molecule has 4 nitrogen and oxygen atoms in total. The lowest BCUT2D eigenvalue weighted by atomic mass is 10.2. The summed E-state index contributed by atoms with van der Waals surface area (Å²) in [5.41, 5.74) is 7.84. The topological polar surface area (TPSA) is 51.4 Å². The Morgan fingerprint density at radius 2 is 1.95 bits per heavy atom. The fourth-order valence-electron chi connectivity index (χ4n) is 2.18. The van der Waals surface area contributed by atoms with E-state index in [4.69, 9.17) is 10.5 Å². The summed E-state index contributed by atoms with van der Waals surface area (Å²) in [6.07, 6.45) is 2.80. The lowest BCUT2D eigenvalue weighted by molar-refractivity contribution is 0.256. The van der Waals surface area contributed by atoms with Gasteiger partial charge in [0.15, 0.2) is 0 Å². The lowest BCUT2D eigenvalue weighted by Crippen LogP contribution is -2.21. The van der Waals surface area contributed by atoms with Crippen molar-refractivity contribution in [1.82, 2.24) is 9.88 Å². The van der Waals surface area contributed by atoms with Crippen LogP contribution in [0, 0.1) is 0 Å². The highest BCUT2D eigenvalue weighted by Gasteiger charge is 2.03. The molecule has 0 aliphatic carbocycles. The van der Waals surface area contributed by atoms with Crippen molar-refractivity contribution in [2.75, 3.05) is 20.2 Å². The van der Waals surface area contributed by atoms with E-state index >= 15 is 0 Å². The summed E-state index contributed by atoms with van der Waals surface area (Å²) in [6.45, 7) is 3.04. The van der Waals surface area contributed by atoms with Gasteiger partial charge in [-0.15, -0.1) is 0 Å². The zero-order chi connectivity index (χ0) is 14.9. The Hall–Kier alpha value is -1.91. The van der Waals surface area contributed by atoms with Crippen LogP contribution >= 0.6 is 0 Å². The number of pyridine rings is 1. The fourth-order valence-corrected chi connectivity index (χ4v) is 2.18. The van der Waals surface area contributed by atoms with Crippen molar-refractivity contribution in [3.63, 3.8) is 0 Å². The molecule has 0 aliphatic heterocycles. The summed E-state index contributed by atoms with van der Waals surface area (Å²) in [6, 6.07) is 13.9. The highest BCUT2D eigenvalue weighted by atomic mass is 16.5. The van der Waals surface area contributed by atoms with Crippen molar-refractivity contribution in [2.24, 2.45) is 5.73 Å². The number of benzene rings is 1. The molecule has 0 aliphatic rings. The zero-order valence-electron chi connectivity index (χ0n) is 12.5. The molecule has 0 amide bonds. The maximum Gasteiger partial charge on any atom is 0.123 e. The number of hydrogen-bond donors (Lipinski definition) is 1. The monoisotopic (exact) mass is 285 g/mol. The SMILES string of the molecule is CN(CCCOc1ccccc1CN)Cc1ccccn1. The molecule has 0 saturated carbocycles. The molecular weight excluding hydrogens is 262 g/mol. The Morgan fingerprint density at radius 1 is 1.14 bits per heavy atom. The van der Waals surface area contributed by atoms with Crippen LogP contribution in [0.25, 0.3) is 0 Å². The van der Waals surface area contributed by atoms with E-state index in [0.29, 0.717) is 13.2 Å². The predicted octanol–water partition coefficient (Wildman–Crippen LogP) is 2.44. The van der Waals surface area contributed by atoms with Gasteiger partial charge in [-0.05, 0) is 31.7 Å². The third-order valence-corrected chi connectivity index (χ3v) is 3.29. The van der Waals surface area contributed by atoms with Gasteiger partial charge in [0.1, 0.15) is 5.75 Å². The summed E-state index contributed by atoms with van der Waals surface area (Å²) >= 11 is 0. The Kier molecular flexibility index (Phi) is 6.19. The van der Waals surface area contributed by atoms with E-state index < -0.39 is 0 Å². The van der Waals surface area contributed by atoms with Crippen LogP contribution in [0.15, 0.2) is 48.7 Å². The van der Waals surface area contributed by atoms with Gasteiger partial charge in [-0.1, -0.05) is 24.3 Å². The first-order valence-corrected chi connectivity index (χ1v) is 7.29. The molecule has 0 fully saturated rings. The van der Waals surface area contributed by atoms with E-state index in [9.17, 15) is 0 Å². The first kappa shape index (κ1) is 15.5. The number of hydrogen-bond acceptors (Lipinski definition) is 4. The number of aromatic nitrogens is 1. The predicted molar refractivity (Wildman–Crippen MR) is 85.0 cm³/mol. The van der Waals surface area contributed by atoms with Crippen molar-refractivity contribution in [3.8, 4) is 5.75 Å². The molecule has 1 aromatic carbocycles. The van der Waals surface area contributed by atoms with Gasteiger partial charge in [0.05, 0.1) is 12.3 Å². The van der Waals surface area contributed by atoms with Crippen molar-refractivity contribution in [2.45, 2.75) is 19.5 Å². The first-order valence-electron chi connectivity index (χ1n) is 7.29. The number of nitrogens with two attached hydrogens (primary N) is 1. The minimum absolute atomic E-state index is 0.510. The standard InChI is InChI=1S/C17H23N3O/c1-20(14-16-8-4-5-10-19-16)11-6-12-21-17-9-3-2-7-15(17)13-18/h2-5,7-10H,6,11-14,18H2,1H3. The first-order chi connectivity index (χ1) is 10.3. The van der Waals surface area contributed by atoms with Crippen LogP contribution in [-0.2, 0) is 13.1 Å². The molecule has 4 heteroatoms. The van der Waals surface area contributed by atoms with E-state index in [1.165, 1.54) is 0 Å². The minimum Gasteiger partial charge on any atom is -0.493 e. The molecular formula is C17H23N3O. The molecule has 0 bridgehead atoms. The van der Waals surface area contributed by atoms with E-state index in [2.05, 4.69) is 16.9 Å². The molecule has 2 rings (SSSR count). The van der Waals surface area contributed by atoms with Gasteiger partial charge < -0.3 is 15.4 Å². The van der Waals surface area contributed by atoms with Crippen molar-refractivity contribution in [1.29, 1.82) is 0 Å². The average Bonchev–Trinajstić information content (AvgIpc) is 2.53. The summed E-state index contributed by atoms with van der Waals surface area (Å²) in [4.78, 5) is 6.58. The lowest BCUT2D eigenvalue weighted by Gasteiger charge is -2.16. The van der Waals surface area contributed by atoms with Gasteiger partial charge in [-0.25, -0.2) is 0 Å². The number of nitrogens with zero attached hydrogens (tertiary/aromatic N) is 2. The van der Waals surface area contributed by atoms with Crippen LogP contribution < -0.4 is 10.5 Å². The van der Waals surface area contributed by atoms with Gasteiger partial charge in [-0.3, -0.25) is 4.98 Å². The minimum atomic E-state index is 0.510. The number of para-hydroxylation sites is 1. The molecule has 21 heavy (non-hydrogen) atoms. The van der Waals surface area contributed by atoms with Gasteiger partial charge in [0, 0.05) is 31.4 Å². The Balaban J connectivity index is 1.70. The molecule has 1 heterocycles. The van der Waals surface area contributed by atoms with Crippen LogP contribution in [0.3, 0.4) is 0 Å². The van der Waals surface area contributed by atoms with Gasteiger partial charge in [0.25, 0.3) is 0 Å². The van der Waals surface area contributed by atoms with E-state index in [-0.39, 0.29) is 0 Å². The normalized spacial score (nSPS) is 10.8. The van der Waals surface area contributed by atoms with Crippen molar-refractivity contribution in [3.05, 3.63) is 59.9 Å². The average molecular weight is 285 g/mol. The number of ether oxygens (including phenoxy) is 1. The third kappa shape index (κ3) is 5.17. The van der Waals surface area contributed by atoms with E-state index in [1.54, 1.807) is 0 Å². The second-order valence-electron chi connectivity index (χ2n) is 5.07. The number of rotatable bonds is 8. The van der Waals surface area contributed by atoms with Gasteiger partial charge >= 0.3 is 0 Å². The molecule has 2 aromatic rings. The Labute approximate surface area is 126 Å². The van der Waals surface area contributed by atoms with Crippen molar-refractivity contribution >= 4 is 0 Å². The summed E-state index contributed by atoms with van der Waals surface area (Å²) in [5, 5.41) is 0. The van der Waals surface area contributed by atoms with E-state index in [0.717, 1.165) is 36.5 Å². The molecule has 2 N–H and O–H groups in total. The van der Waals surface area contributed by atoms with Crippen LogP contribution in [0.4, 0.5) is 0 Å². The van der Waals surface area contributed by atoms with Gasteiger partial charge in [0.2, 0.25) is 0 Å². The van der Waals surface area contributed by atoms with Crippen LogP contribution in [-0.4, -0.2) is 30.1 Å². The van der Waals surface area contributed by atoms with Crippen LogP contribution in [0.1, 0.15) is 17.7 Å². The summed E-state index contributed by atoms with van der Waals surface area (Å²) in [5.74, 6) is 0.896. The van der Waals surface area contributed by atoms with Crippen molar-refractivity contribution < 1.29 is 4.74 Å². The maximum absolute atomic E-state index is 5.81. The Morgan fingerprint density at radius 3 is 2.71 bits per heavy atom. The highest BCUT2D eigenvalue weighted by molar-refractivity contribution is 5.32. The maximum atomic E-state index is 5.81. The van der Waals surface area contributed by atoms with E-state index in [1.807, 2.05) is 48.7 Å².